The number of hydrogen-bond acceptors (Lipinski definition) is 5. The molecule has 128 valence electrons. The van der Waals surface area contributed by atoms with Crippen molar-refractivity contribution in [1.82, 2.24) is 5.16 Å². The highest BCUT2D eigenvalue weighted by molar-refractivity contribution is 9.10. The summed E-state index contributed by atoms with van der Waals surface area (Å²) in [6, 6.07) is 14.7. The molecule has 2 aromatic carbocycles. The summed E-state index contributed by atoms with van der Waals surface area (Å²) in [4.78, 5) is 23.9. The van der Waals surface area contributed by atoms with Crippen molar-refractivity contribution < 1.29 is 19.2 Å². The normalized spacial score (nSPS) is 10.2. The Bertz CT molecular complexity index is 1020. The lowest BCUT2D eigenvalue weighted by atomic mass is 10.1. The van der Waals surface area contributed by atoms with Gasteiger partial charge in [-0.25, -0.2) is 4.79 Å². The highest BCUT2D eigenvalue weighted by Gasteiger charge is 2.25. The number of hydrogen-bond donors (Lipinski definition) is 2. The van der Waals surface area contributed by atoms with Gasteiger partial charge in [-0.2, -0.15) is 5.26 Å². The van der Waals surface area contributed by atoms with Gasteiger partial charge in [-0.15, -0.1) is 0 Å². The smallest absolute Gasteiger partial charge is 0.343 e. The summed E-state index contributed by atoms with van der Waals surface area (Å²) >= 11 is 3.27. The van der Waals surface area contributed by atoms with Crippen molar-refractivity contribution in [3.05, 3.63) is 69.7 Å². The van der Waals surface area contributed by atoms with Crippen molar-refractivity contribution in [2.45, 2.75) is 0 Å². The molecule has 0 aliphatic heterocycles. The molecule has 1 heterocycles. The number of carbonyl (C=O) groups is 2. The minimum Gasteiger partial charge on any atom is -0.477 e. The van der Waals surface area contributed by atoms with Gasteiger partial charge in [-0.1, -0.05) is 33.2 Å². The molecular weight excluding hydrogens is 402 g/mol. The number of halogens is 1. The zero-order valence-electron chi connectivity index (χ0n) is 13.1. The number of carboxylic acids is 1. The summed E-state index contributed by atoms with van der Waals surface area (Å²) in [6.07, 6.45) is 0. The zero-order chi connectivity index (χ0) is 18.7. The fourth-order valence-corrected chi connectivity index (χ4v) is 2.51. The van der Waals surface area contributed by atoms with E-state index in [1.165, 1.54) is 12.1 Å². The lowest BCUT2D eigenvalue weighted by Gasteiger charge is -2.03. The predicted molar refractivity (Wildman–Crippen MR) is 95.7 cm³/mol. The molecule has 1 aromatic heterocycles. The van der Waals surface area contributed by atoms with E-state index in [1.807, 2.05) is 6.07 Å². The van der Waals surface area contributed by atoms with Crippen LogP contribution in [0.5, 0.6) is 0 Å². The van der Waals surface area contributed by atoms with Crippen molar-refractivity contribution in [2.24, 2.45) is 0 Å². The van der Waals surface area contributed by atoms with Gasteiger partial charge in [-0.3, -0.25) is 10.1 Å². The second kappa shape index (κ2) is 7.21. The number of carboxylic acid groups (broad SMARTS) is 1. The number of aromatic nitrogens is 1. The first-order valence-corrected chi connectivity index (χ1v) is 8.09. The Morgan fingerprint density at radius 1 is 1.12 bits per heavy atom. The molecule has 0 radical (unpaired) electrons. The summed E-state index contributed by atoms with van der Waals surface area (Å²) in [7, 11) is 0. The third kappa shape index (κ3) is 3.48. The van der Waals surface area contributed by atoms with E-state index < -0.39 is 11.9 Å². The number of amides is 1. The largest absolute Gasteiger partial charge is 0.477 e. The molecule has 0 unspecified atom stereocenters. The molecule has 0 aliphatic carbocycles. The van der Waals surface area contributed by atoms with Gasteiger partial charge in [0.05, 0.1) is 11.6 Å². The van der Waals surface area contributed by atoms with Crippen molar-refractivity contribution in [3.63, 3.8) is 0 Å². The second-order valence-electron chi connectivity index (χ2n) is 5.19. The number of nitriles is 1. The van der Waals surface area contributed by atoms with E-state index in [-0.39, 0.29) is 17.1 Å². The maximum Gasteiger partial charge on any atom is 0.343 e. The van der Waals surface area contributed by atoms with Gasteiger partial charge in [-0.05, 0) is 36.4 Å². The van der Waals surface area contributed by atoms with E-state index >= 15 is 0 Å². The molecule has 0 saturated heterocycles. The molecule has 2 N–H and O–H groups in total. The first kappa shape index (κ1) is 17.4. The third-order valence-corrected chi connectivity index (χ3v) is 4.06. The molecule has 3 aromatic rings. The molecule has 7 nitrogen and oxygen atoms in total. The van der Waals surface area contributed by atoms with Crippen LogP contribution in [0.1, 0.15) is 26.3 Å². The molecule has 3 rings (SSSR count). The number of carbonyl (C=O) groups excluding carboxylic acids is 1. The Labute approximate surface area is 156 Å². The monoisotopic (exact) mass is 411 g/mol. The van der Waals surface area contributed by atoms with Crippen LogP contribution in [0.2, 0.25) is 0 Å². The molecule has 0 aliphatic rings. The Morgan fingerprint density at radius 3 is 2.35 bits per heavy atom. The molecule has 1 amide bonds. The Hall–Kier alpha value is -3.44. The lowest BCUT2D eigenvalue weighted by molar-refractivity contribution is 0.0698. The number of anilines is 1. The van der Waals surface area contributed by atoms with Crippen LogP contribution in [0.3, 0.4) is 0 Å². The summed E-state index contributed by atoms with van der Waals surface area (Å²) in [5.41, 5.74) is 1.02. The fourth-order valence-electron chi connectivity index (χ4n) is 2.25. The van der Waals surface area contributed by atoms with Crippen LogP contribution in [0.15, 0.2) is 57.5 Å². The summed E-state index contributed by atoms with van der Waals surface area (Å²) in [6.45, 7) is 0. The van der Waals surface area contributed by atoms with E-state index in [1.54, 1.807) is 36.4 Å². The third-order valence-electron chi connectivity index (χ3n) is 3.53. The van der Waals surface area contributed by atoms with E-state index in [9.17, 15) is 14.7 Å². The summed E-state index contributed by atoms with van der Waals surface area (Å²) in [5.74, 6) is -2.08. The highest BCUT2D eigenvalue weighted by Crippen LogP contribution is 2.29. The molecule has 8 heteroatoms. The number of benzene rings is 2. The number of aromatic carboxylic acids is 1. The van der Waals surface area contributed by atoms with Crippen LogP contribution >= 0.6 is 15.9 Å². The van der Waals surface area contributed by atoms with Crippen molar-refractivity contribution in [2.75, 3.05) is 5.32 Å². The van der Waals surface area contributed by atoms with Crippen molar-refractivity contribution >= 4 is 33.7 Å². The number of nitrogens with zero attached hydrogens (tertiary/aromatic N) is 2. The average molecular weight is 412 g/mol. The van der Waals surface area contributed by atoms with Gasteiger partial charge in [0.2, 0.25) is 5.88 Å². The van der Waals surface area contributed by atoms with Gasteiger partial charge in [0, 0.05) is 15.6 Å². The van der Waals surface area contributed by atoms with Crippen molar-refractivity contribution in [1.29, 1.82) is 5.26 Å². The standard InChI is InChI=1S/C18H10BrN3O4/c19-13-7-5-12(6-8-13)16(23)21-17-14(18(24)25)15(22-26-17)11-3-1-10(9-20)2-4-11/h1-8H,(H,21,23)(H,24,25). The Morgan fingerprint density at radius 2 is 1.77 bits per heavy atom. The Balaban J connectivity index is 1.94. The Kier molecular flexibility index (Phi) is 4.82. The highest BCUT2D eigenvalue weighted by atomic mass is 79.9. The van der Waals surface area contributed by atoms with Gasteiger partial charge in [0.15, 0.2) is 5.56 Å². The van der Waals surface area contributed by atoms with Gasteiger partial charge in [0.25, 0.3) is 5.91 Å². The minimum atomic E-state index is -1.29. The molecule has 0 fully saturated rings. The van der Waals surface area contributed by atoms with Crippen LogP contribution < -0.4 is 5.32 Å². The quantitative estimate of drug-likeness (QED) is 0.671. The zero-order valence-corrected chi connectivity index (χ0v) is 14.6. The van der Waals surface area contributed by atoms with Crippen LogP contribution in [-0.4, -0.2) is 22.1 Å². The van der Waals surface area contributed by atoms with E-state index in [4.69, 9.17) is 9.78 Å². The summed E-state index contributed by atoms with van der Waals surface area (Å²) < 4.78 is 5.86. The minimum absolute atomic E-state index is 0.0631. The molecule has 0 saturated carbocycles. The maximum atomic E-state index is 12.3. The van der Waals surface area contributed by atoms with Gasteiger partial charge in [0.1, 0.15) is 5.69 Å². The average Bonchev–Trinajstić information content (AvgIpc) is 3.06. The van der Waals surface area contributed by atoms with Crippen molar-refractivity contribution in [3.8, 4) is 17.3 Å². The first-order chi connectivity index (χ1) is 12.5. The number of rotatable bonds is 4. The second-order valence-corrected chi connectivity index (χ2v) is 6.11. The van der Waals surface area contributed by atoms with Crippen LogP contribution in [0, 0.1) is 11.3 Å². The van der Waals surface area contributed by atoms with E-state index in [2.05, 4.69) is 26.4 Å². The van der Waals surface area contributed by atoms with Gasteiger partial charge >= 0.3 is 5.97 Å². The topological polar surface area (TPSA) is 116 Å². The van der Waals surface area contributed by atoms with Gasteiger partial charge < -0.3 is 9.63 Å². The molecular formula is C18H10BrN3O4. The fraction of sp³-hybridized carbons (Fsp3) is 0. The molecule has 26 heavy (non-hydrogen) atoms. The lowest BCUT2D eigenvalue weighted by Crippen LogP contribution is -2.13. The van der Waals surface area contributed by atoms with Crippen LogP contribution in [0.25, 0.3) is 11.3 Å². The van der Waals surface area contributed by atoms with Crippen LogP contribution in [-0.2, 0) is 0 Å². The van der Waals surface area contributed by atoms with E-state index in [0.717, 1.165) is 4.47 Å². The number of nitrogens with one attached hydrogen (secondary N) is 1. The molecule has 0 atom stereocenters. The maximum absolute atomic E-state index is 12.3. The predicted octanol–water partition coefficient (Wildman–Crippen LogP) is 3.93. The molecule has 0 bridgehead atoms. The first-order valence-electron chi connectivity index (χ1n) is 7.30. The molecule has 0 spiro atoms. The van der Waals surface area contributed by atoms with E-state index in [0.29, 0.717) is 16.7 Å². The van der Waals surface area contributed by atoms with Crippen LogP contribution in [0.4, 0.5) is 5.88 Å². The summed E-state index contributed by atoms with van der Waals surface area (Å²) in [5, 5.41) is 24.5. The SMILES string of the molecule is N#Cc1ccc(-c2noc(NC(=O)c3ccc(Br)cc3)c2C(=O)O)cc1.